The molecule has 2 atom stereocenters. The summed E-state index contributed by atoms with van der Waals surface area (Å²) < 4.78 is 0. The summed E-state index contributed by atoms with van der Waals surface area (Å²) >= 11 is 0. The summed E-state index contributed by atoms with van der Waals surface area (Å²) in [6.45, 7) is 3.04. The van der Waals surface area contributed by atoms with Crippen molar-refractivity contribution < 1.29 is 9.59 Å². The summed E-state index contributed by atoms with van der Waals surface area (Å²) in [7, 11) is 0. The Hall–Kier alpha value is -1.88. The minimum atomic E-state index is -0.102. The van der Waals surface area contributed by atoms with Crippen LogP contribution in [0.1, 0.15) is 36.5 Å². The first-order valence-corrected chi connectivity index (χ1v) is 7.55. The maximum absolute atomic E-state index is 12.3. The SMILES string of the molecule is CCNC(=O)c1ccc(NC(=O)[C@@H]2CCC[C@@H]2CN)cc1. The average molecular weight is 289 g/mol. The minimum absolute atomic E-state index is 0.0121. The summed E-state index contributed by atoms with van der Waals surface area (Å²) in [5, 5.41) is 5.66. The number of anilines is 1. The molecule has 2 rings (SSSR count). The molecule has 21 heavy (non-hydrogen) atoms. The lowest BCUT2D eigenvalue weighted by Crippen LogP contribution is -2.29. The molecule has 5 nitrogen and oxygen atoms in total. The van der Waals surface area contributed by atoms with Crippen molar-refractivity contribution in [1.82, 2.24) is 5.32 Å². The number of carbonyl (C=O) groups excluding carboxylic acids is 2. The Kier molecular flexibility index (Phi) is 5.33. The molecule has 0 bridgehead atoms. The number of nitrogens with two attached hydrogens (primary N) is 1. The predicted octanol–water partition coefficient (Wildman–Crippen LogP) is 1.75. The van der Waals surface area contributed by atoms with E-state index in [2.05, 4.69) is 10.6 Å². The molecule has 1 aromatic rings. The maximum atomic E-state index is 12.3. The van der Waals surface area contributed by atoms with Crippen LogP contribution in [0.4, 0.5) is 5.69 Å². The van der Waals surface area contributed by atoms with E-state index in [-0.39, 0.29) is 17.7 Å². The van der Waals surface area contributed by atoms with Crippen LogP contribution in [0.2, 0.25) is 0 Å². The van der Waals surface area contributed by atoms with Crippen LogP contribution < -0.4 is 16.4 Å². The molecular formula is C16H23N3O2. The first-order chi connectivity index (χ1) is 10.2. The van der Waals surface area contributed by atoms with Crippen molar-refractivity contribution in [3.63, 3.8) is 0 Å². The number of rotatable bonds is 5. The highest BCUT2D eigenvalue weighted by molar-refractivity contribution is 5.96. The minimum Gasteiger partial charge on any atom is -0.352 e. The van der Waals surface area contributed by atoms with Gasteiger partial charge in [-0.15, -0.1) is 0 Å². The Morgan fingerprint density at radius 2 is 1.95 bits per heavy atom. The van der Waals surface area contributed by atoms with E-state index in [1.54, 1.807) is 24.3 Å². The highest BCUT2D eigenvalue weighted by Crippen LogP contribution is 2.31. The second-order valence-electron chi connectivity index (χ2n) is 5.46. The molecule has 5 heteroatoms. The molecule has 114 valence electrons. The van der Waals surface area contributed by atoms with Crippen molar-refractivity contribution in [2.45, 2.75) is 26.2 Å². The number of hydrogen-bond acceptors (Lipinski definition) is 3. The molecule has 4 N–H and O–H groups in total. The lowest BCUT2D eigenvalue weighted by Gasteiger charge is -2.17. The summed E-state index contributed by atoms with van der Waals surface area (Å²) in [5.74, 6) is 0.237. The summed E-state index contributed by atoms with van der Waals surface area (Å²) in [6.07, 6.45) is 3.01. The Balaban J connectivity index is 1.97. The molecule has 0 heterocycles. The van der Waals surface area contributed by atoms with Crippen molar-refractivity contribution in [3.8, 4) is 0 Å². The van der Waals surface area contributed by atoms with E-state index in [1.165, 1.54) is 0 Å². The number of carbonyl (C=O) groups is 2. The molecule has 1 fully saturated rings. The van der Waals surface area contributed by atoms with Gasteiger partial charge in [-0.3, -0.25) is 9.59 Å². The molecule has 1 aliphatic rings. The van der Waals surface area contributed by atoms with E-state index in [0.717, 1.165) is 24.9 Å². The topological polar surface area (TPSA) is 84.2 Å². The monoisotopic (exact) mass is 289 g/mol. The third-order valence-corrected chi connectivity index (χ3v) is 4.05. The molecule has 0 unspecified atom stereocenters. The predicted molar refractivity (Wildman–Crippen MR) is 83.0 cm³/mol. The number of amides is 2. The van der Waals surface area contributed by atoms with E-state index >= 15 is 0 Å². The second kappa shape index (κ2) is 7.22. The van der Waals surface area contributed by atoms with Gasteiger partial charge < -0.3 is 16.4 Å². The zero-order chi connectivity index (χ0) is 15.2. The molecule has 2 amide bonds. The van der Waals surface area contributed by atoms with Gasteiger partial charge in [0, 0.05) is 23.7 Å². The van der Waals surface area contributed by atoms with Crippen LogP contribution in [-0.4, -0.2) is 24.9 Å². The molecule has 0 spiro atoms. The van der Waals surface area contributed by atoms with E-state index in [0.29, 0.717) is 24.6 Å². The third-order valence-electron chi connectivity index (χ3n) is 4.05. The van der Waals surface area contributed by atoms with Gasteiger partial charge in [-0.05, 0) is 56.5 Å². The summed E-state index contributed by atoms with van der Waals surface area (Å²) in [6, 6.07) is 6.95. The lowest BCUT2D eigenvalue weighted by molar-refractivity contribution is -0.120. The molecule has 1 aromatic carbocycles. The van der Waals surface area contributed by atoms with Gasteiger partial charge in [0.2, 0.25) is 5.91 Å². The standard InChI is InChI=1S/C16H23N3O2/c1-2-18-15(20)11-6-8-13(9-7-11)19-16(21)14-5-3-4-12(14)10-17/h6-9,12,14H,2-5,10,17H2,1H3,(H,18,20)(H,19,21)/t12-,14-/m1/s1. The van der Waals surface area contributed by atoms with Crippen LogP contribution in [0, 0.1) is 11.8 Å². The molecule has 0 saturated heterocycles. The highest BCUT2D eigenvalue weighted by Gasteiger charge is 2.31. The quantitative estimate of drug-likeness (QED) is 0.772. The van der Waals surface area contributed by atoms with E-state index in [9.17, 15) is 9.59 Å². The van der Waals surface area contributed by atoms with Crippen LogP contribution in [0.3, 0.4) is 0 Å². The largest absolute Gasteiger partial charge is 0.352 e. The molecule has 0 aromatic heterocycles. The molecule has 0 aliphatic heterocycles. The van der Waals surface area contributed by atoms with E-state index < -0.39 is 0 Å². The van der Waals surface area contributed by atoms with Gasteiger partial charge in [-0.2, -0.15) is 0 Å². The summed E-state index contributed by atoms with van der Waals surface area (Å²) in [5.41, 5.74) is 7.02. The highest BCUT2D eigenvalue weighted by atomic mass is 16.2. The smallest absolute Gasteiger partial charge is 0.251 e. The number of nitrogens with one attached hydrogen (secondary N) is 2. The Bertz CT molecular complexity index is 499. The van der Waals surface area contributed by atoms with Crippen molar-refractivity contribution in [2.75, 3.05) is 18.4 Å². The van der Waals surface area contributed by atoms with E-state index in [1.807, 2.05) is 6.92 Å². The van der Waals surface area contributed by atoms with Crippen LogP contribution in [0.25, 0.3) is 0 Å². The third kappa shape index (κ3) is 3.82. The fourth-order valence-electron chi connectivity index (χ4n) is 2.87. The van der Waals surface area contributed by atoms with Crippen LogP contribution in [-0.2, 0) is 4.79 Å². The first kappa shape index (κ1) is 15.5. The number of hydrogen-bond donors (Lipinski definition) is 3. The molecule has 1 aliphatic carbocycles. The van der Waals surface area contributed by atoms with Gasteiger partial charge in [0.15, 0.2) is 0 Å². The average Bonchev–Trinajstić information content (AvgIpc) is 2.97. The zero-order valence-electron chi connectivity index (χ0n) is 12.4. The van der Waals surface area contributed by atoms with Crippen molar-refractivity contribution in [2.24, 2.45) is 17.6 Å². The zero-order valence-corrected chi connectivity index (χ0v) is 12.4. The second-order valence-corrected chi connectivity index (χ2v) is 5.46. The fraction of sp³-hybridized carbons (Fsp3) is 0.500. The normalized spacial score (nSPS) is 21.0. The van der Waals surface area contributed by atoms with E-state index in [4.69, 9.17) is 5.73 Å². The maximum Gasteiger partial charge on any atom is 0.251 e. The van der Waals surface area contributed by atoms with Crippen LogP contribution >= 0.6 is 0 Å². The fourth-order valence-corrected chi connectivity index (χ4v) is 2.87. The van der Waals surface area contributed by atoms with Crippen LogP contribution in [0.5, 0.6) is 0 Å². The van der Waals surface area contributed by atoms with Gasteiger partial charge in [0.1, 0.15) is 0 Å². The molecular weight excluding hydrogens is 266 g/mol. The van der Waals surface area contributed by atoms with Gasteiger partial charge in [0.25, 0.3) is 5.91 Å². The van der Waals surface area contributed by atoms with Gasteiger partial charge in [-0.1, -0.05) is 6.42 Å². The Morgan fingerprint density at radius 3 is 2.57 bits per heavy atom. The van der Waals surface area contributed by atoms with Gasteiger partial charge >= 0.3 is 0 Å². The Morgan fingerprint density at radius 1 is 1.24 bits per heavy atom. The number of benzene rings is 1. The van der Waals surface area contributed by atoms with Crippen LogP contribution in [0.15, 0.2) is 24.3 Å². The Labute approximate surface area is 125 Å². The lowest BCUT2D eigenvalue weighted by atomic mass is 9.95. The summed E-state index contributed by atoms with van der Waals surface area (Å²) in [4.78, 5) is 23.9. The van der Waals surface area contributed by atoms with Crippen molar-refractivity contribution >= 4 is 17.5 Å². The molecule has 1 saturated carbocycles. The molecule has 0 radical (unpaired) electrons. The van der Waals surface area contributed by atoms with Gasteiger partial charge in [0.05, 0.1) is 0 Å². The van der Waals surface area contributed by atoms with Crippen molar-refractivity contribution in [1.29, 1.82) is 0 Å². The van der Waals surface area contributed by atoms with Crippen molar-refractivity contribution in [3.05, 3.63) is 29.8 Å². The first-order valence-electron chi connectivity index (χ1n) is 7.55. The van der Waals surface area contributed by atoms with Gasteiger partial charge in [-0.25, -0.2) is 0 Å².